The predicted molar refractivity (Wildman–Crippen MR) is 106 cm³/mol. The van der Waals surface area contributed by atoms with Gasteiger partial charge in [0.1, 0.15) is 17.6 Å². The van der Waals surface area contributed by atoms with Crippen LogP contribution in [0.15, 0.2) is 23.8 Å². The third kappa shape index (κ3) is 5.81. The first-order valence-electron chi connectivity index (χ1n) is 9.80. The Hall–Kier alpha value is -1.36. The number of amides is 1. The van der Waals surface area contributed by atoms with Crippen LogP contribution in [-0.2, 0) is 9.53 Å². The summed E-state index contributed by atoms with van der Waals surface area (Å²) in [5.74, 6) is -1.13. The quantitative estimate of drug-likeness (QED) is 0.516. The summed E-state index contributed by atoms with van der Waals surface area (Å²) in [5.41, 5.74) is -0.197. The molecule has 0 aliphatic heterocycles. The van der Waals surface area contributed by atoms with E-state index in [1.807, 2.05) is 13.0 Å². The zero-order valence-corrected chi connectivity index (χ0v) is 17.4. The van der Waals surface area contributed by atoms with Crippen molar-refractivity contribution in [3.05, 3.63) is 23.8 Å². The minimum Gasteiger partial charge on any atom is -0.444 e. The number of carbonyl (C=O) groups is 2. The molecule has 0 spiro atoms. The summed E-state index contributed by atoms with van der Waals surface area (Å²) in [6.07, 6.45) is 6.86. The molecule has 152 valence electrons. The fraction of sp³-hybridized carbons (Fsp3) is 0.714. The number of carbonyl (C=O) groups excluding carboxylic acids is 2. The lowest BCUT2D eigenvalue weighted by Crippen LogP contribution is -2.47. The van der Waals surface area contributed by atoms with E-state index in [1.165, 1.54) is 0 Å². The van der Waals surface area contributed by atoms with Crippen LogP contribution in [0.4, 0.5) is 9.18 Å². The molecular weight excluding hydrogens is 369 g/mol. The molecule has 0 aromatic rings. The molecule has 0 aromatic carbocycles. The Kier molecular flexibility index (Phi) is 7.49. The second kappa shape index (κ2) is 9.22. The third-order valence-electron chi connectivity index (χ3n) is 5.10. The van der Waals surface area contributed by atoms with Gasteiger partial charge in [-0.05, 0) is 58.4 Å². The van der Waals surface area contributed by atoms with Gasteiger partial charge in [-0.2, -0.15) is 0 Å². The first-order chi connectivity index (χ1) is 12.6. The number of alkyl halides is 2. The zero-order valence-electron chi connectivity index (χ0n) is 16.6. The van der Waals surface area contributed by atoms with Crippen molar-refractivity contribution in [2.24, 2.45) is 11.8 Å². The molecule has 0 heterocycles. The van der Waals surface area contributed by atoms with Crippen LogP contribution in [0, 0.1) is 11.8 Å². The highest BCUT2D eigenvalue weighted by Crippen LogP contribution is 2.37. The van der Waals surface area contributed by atoms with Crippen molar-refractivity contribution in [2.75, 3.05) is 0 Å². The maximum Gasteiger partial charge on any atom is 0.408 e. The van der Waals surface area contributed by atoms with E-state index in [0.717, 1.165) is 12.8 Å². The Bertz CT molecular complexity index is 611. The molecule has 2 aliphatic rings. The number of alkyl carbamates (subject to hydrolysis) is 1. The molecule has 0 radical (unpaired) electrons. The number of allylic oxidation sites excluding steroid dienone is 3. The van der Waals surface area contributed by atoms with Gasteiger partial charge in [0.25, 0.3) is 0 Å². The molecule has 6 heteroatoms. The SMILES string of the molecule is CC[C@@H](NC(=O)OC(C)(C)C)C1=CCC(Cl)C(C(=O)C2CC=CCC2)C1F. The van der Waals surface area contributed by atoms with Crippen molar-refractivity contribution in [1.82, 2.24) is 5.32 Å². The van der Waals surface area contributed by atoms with Gasteiger partial charge in [-0.3, -0.25) is 4.79 Å². The van der Waals surface area contributed by atoms with E-state index in [1.54, 1.807) is 26.8 Å². The van der Waals surface area contributed by atoms with Gasteiger partial charge >= 0.3 is 6.09 Å². The standard InChI is InChI=1S/C21H31ClFNO3/c1-5-16(24-20(26)27-21(2,3)4)14-11-12-15(22)17(18(14)23)19(25)13-9-7-6-8-10-13/h6-7,11,13,15-18H,5,8-10,12H2,1-4H3,(H,24,26)/t13?,15?,16-,17?,18?/m1/s1. The van der Waals surface area contributed by atoms with Gasteiger partial charge in [-0.15, -0.1) is 11.6 Å². The summed E-state index contributed by atoms with van der Waals surface area (Å²) >= 11 is 6.36. The van der Waals surface area contributed by atoms with Crippen molar-refractivity contribution in [3.8, 4) is 0 Å². The monoisotopic (exact) mass is 399 g/mol. The van der Waals surface area contributed by atoms with E-state index >= 15 is 4.39 Å². The van der Waals surface area contributed by atoms with Crippen molar-refractivity contribution >= 4 is 23.5 Å². The Labute approximate surface area is 166 Å². The van der Waals surface area contributed by atoms with Crippen LogP contribution >= 0.6 is 11.6 Å². The lowest BCUT2D eigenvalue weighted by molar-refractivity contribution is -0.128. The number of hydrogen-bond acceptors (Lipinski definition) is 3. The van der Waals surface area contributed by atoms with Gasteiger partial charge in [0.2, 0.25) is 0 Å². The first-order valence-corrected chi connectivity index (χ1v) is 10.2. The molecule has 0 aromatic heterocycles. The van der Waals surface area contributed by atoms with E-state index in [2.05, 4.69) is 11.4 Å². The third-order valence-corrected chi connectivity index (χ3v) is 5.55. The van der Waals surface area contributed by atoms with Gasteiger partial charge < -0.3 is 10.1 Å². The minimum absolute atomic E-state index is 0.0930. The van der Waals surface area contributed by atoms with E-state index in [4.69, 9.17) is 16.3 Å². The number of halogens is 2. The molecule has 4 nitrogen and oxygen atoms in total. The number of Topliss-reactive ketones (excluding diaryl/α,β-unsaturated/α-hetero) is 1. The van der Waals surface area contributed by atoms with Crippen molar-refractivity contribution in [1.29, 1.82) is 0 Å². The fourth-order valence-electron chi connectivity index (χ4n) is 3.75. The van der Waals surface area contributed by atoms with Crippen LogP contribution in [-0.4, -0.2) is 35.1 Å². The average molecular weight is 400 g/mol. The molecule has 4 unspecified atom stereocenters. The molecule has 0 bridgehead atoms. The lowest BCUT2D eigenvalue weighted by atomic mass is 9.75. The minimum atomic E-state index is -1.49. The Balaban J connectivity index is 2.12. The van der Waals surface area contributed by atoms with Gasteiger partial charge in [-0.25, -0.2) is 9.18 Å². The summed E-state index contributed by atoms with van der Waals surface area (Å²) in [6, 6.07) is -0.513. The summed E-state index contributed by atoms with van der Waals surface area (Å²) in [7, 11) is 0. The number of nitrogens with one attached hydrogen (secondary N) is 1. The van der Waals surface area contributed by atoms with Crippen LogP contribution in [0.3, 0.4) is 0 Å². The van der Waals surface area contributed by atoms with E-state index in [0.29, 0.717) is 24.8 Å². The van der Waals surface area contributed by atoms with Crippen LogP contribution in [0.2, 0.25) is 0 Å². The molecule has 1 N–H and O–H groups in total. The first kappa shape index (κ1) is 21.9. The molecule has 27 heavy (non-hydrogen) atoms. The van der Waals surface area contributed by atoms with Gasteiger partial charge in [0.05, 0.1) is 12.0 Å². The largest absolute Gasteiger partial charge is 0.444 e. The highest BCUT2D eigenvalue weighted by Gasteiger charge is 2.43. The fourth-order valence-corrected chi connectivity index (χ4v) is 4.09. The number of hydrogen-bond donors (Lipinski definition) is 1. The van der Waals surface area contributed by atoms with E-state index in [9.17, 15) is 9.59 Å². The predicted octanol–water partition coefficient (Wildman–Crippen LogP) is 5.11. The zero-order chi connectivity index (χ0) is 20.2. The van der Waals surface area contributed by atoms with Crippen molar-refractivity contribution in [3.63, 3.8) is 0 Å². The van der Waals surface area contributed by atoms with Gasteiger partial charge in [0.15, 0.2) is 0 Å². The van der Waals surface area contributed by atoms with Gasteiger partial charge in [0, 0.05) is 11.3 Å². The van der Waals surface area contributed by atoms with Crippen molar-refractivity contribution < 1.29 is 18.7 Å². The maximum atomic E-state index is 15.4. The van der Waals surface area contributed by atoms with Crippen LogP contribution in [0.5, 0.6) is 0 Å². The molecule has 5 atom stereocenters. The topological polar surface area (TPSA) is 55.4 Å². The summed E-state index contributed by atoms with van der Waals surface area (Å²) in [4.78, 5) is 25.1. The van der Waals surface area contributed by atoms with Crippen LogP contribution in [0.1, 0.15) is 59.8 Å². The molecule has 0 saturated heterocycles. The second-order valence-electron chi connectivity index (χ2n) is 8.37. The normalized spacial score (nSPS) is 29.6. The summed E-state index contributed by atoms with van der Waals surface area (Å²) in [6.45, 7) is 7.19. The molecule has 2 rings (SSSR count). The van der Waals surface area contributed by atoms with Crippen LogP contribution < -0.4 is 5.32 Å². The number of ketones is 1. The number of rotatable bonds is 5. The lowest BCUT2D eigenvalue weighted by Gasteiger charge is -2.35. The Morgan fingerprint density at radius 2 is 2.04 bits per heavy atom. The van der Waals surface area contributed by atoms with E-state index in [-0.39, 0.29) is 11.7 Å². The van der Waals surface area contributed by atoms with Gasteiger partial charge in [-0.1, -0.05) is 25.2 Å². The average Bonchev–Trinajstić information content (AvgIpc) is 2.59. The Morgan fingerprint density at radius 3 is 2.59 bits per heavy atom. The van der Waals surface area contributed by atoms with Crippen LogP contribution in [0.25, 0.3) is 0 Å². The maximum absolute atomic E-state index is 15.4. The van der Waals surface area contributed by atoms with E-state index < -0.39 is 35.2 Å². The molecule has 0 fully saturated rings. The molecule has 1 amide bonds. The highest BCUT2D eigenvalue weighted by atomic mass is 35.5. The molecule has 0 saturated carbocycles. The summed E-state index contributed by atoms with van der Waals surface area (Å²) < 4.78 is 20.7. The molecule has 2 aliphatic carbocycles. The number of ether oxygens (including phenoxy) is 1. The molecular formula is C21H31ClFNO3. The second-order valence-corrected chi connectivity index (χ2v) is 8.93. The smallest absolute Gasteiger partial charge is 0.408 e. The Morgan fingerprint density at radius 1 is 1.33 bits per heavy atom. The summed E-state index contributed by atoms with van der Waals surface area (Å²) in [5, 5.41) is 2.19. The van der Waals surface area contributed by atoms with Crippen molar-refractivity contribution in [2.45, 2.75) is 83.0 Å². The highest BCUT2D eigenvalue weighted by molar-refractivity contribution is 6.22.